The van der Waals surface area contributed by atoms with Crippen LogP contribution in [0, 0.1) is 0 Å². The third-order valence-electron chi connectivity index (χ3n) is 5.14. The van der Waals surface area contributed by atoms with Gasteiger partial charge in [-0.25, -0.2) is 5.01 Å². The predicted octanol–water partition coefficient (Wildman–Crippen LogP) is 7.98. The van der Waals surface area contributed by atoms with Crippen LogP contribution >= 0.6 is 63.7 Å². The van der Waals surface area contributed by atoms with E-state index in [1.807, 2.05) is 18.2 Å². The van der Waals surface area contributed by atoms with E-state index in [1.165, 1.54) is 0 Å². The summed E-state index contributed by atoms with van der Waals surface area (Å²) >= 11 is 14.3. The molecule has 0 bridgehead atoms. The Hall–Kier alpha value is -1.15. The molecule has 146 valence electrons. The SMILES string of the molecule is Brc1ccc(C2=NN3[C@H](C2)c2cc(Br)cc(Br)c2O[C@H]3c2ccc(Br)cc2)cc1. The zero-order valence-electron chi connectivity index (χ0n) is 14.9. The van der Waals surface area contributed by atoms with Crippen molar-refractivity contribution < 1.29 is 4.74 Å². The first-order valence-electron chi connectivity index (χ1n) is 9.02. The molecule has 3 aromatic carbocycles. The number of benzene rings is 3. The Morgan fingerprint density at radius 3 is 2.17 bits per heavy atom. The third kappa shape index (κ3) is 3.71. The molecule has 3 nitrogen and oxygen atoms in total. The summed E-state index contributed by atoms with van der Waals surface area (Å²) in [6.45, 7) is 0. The molecule has 2 aliphatic heterocycles. The first kappa shape index (κ1) is 19.8. The molecule has 2 atom stereocenters. The first-order valence-corrected chi connectivity index (χ1v) is 12.2. The molecule has 0 unspecified atom stereocenters. The number of halogens is 4. The molecule has 0 aliphatic carbocycles. The van der Waals surface area contributed by atoms with E-state index in [-0.39, 0.29) is 12.3 Å². The van der Waals surface area contributed by atoms with Crippen LogP contribution in [0.5, 0.6) is 5.75 Å². The van der Waals surface area contributed by atoms with Crippen molar-refractivity contribution in [2.75, 3.05) is 0 Å². The number of rotatable bonds is 2. The number of hydrogen-bond donors (Lipinski definition) is 0. The van der Waals surface area contributed by atoms with Crippen LogP contribution in [-0.4, -0.2) is 10.7 Å². The van der Waals surface area contributed by atoms with E-state index < -0.39 is 0 Å². The number of hydrogen-bond acceptors (Lipinski definition) is 3. The van der Waals surface area contributed by atoms with E-state index in [4.69, 9.17) is 9.84 Å². The Bertz CT molecular complexity index is 1110. The normalized spacial score (nSPS) is 20.0. The Morgan fingerprint density at radius 2 is 1.48 bits per heavy atom. The fraction of sp³-hybridized carbons (Fsp3) is 0.136. The van der Waals surface area contributed by atoms with Crippen molar-refractivity contribution in [3.05, 3.63) is 95.2 Å². The number of ether oxygens (including phenoxy) is 1. The third-order valence-corrected chi connectivity index (χ3v) is 7.24. The quantitative estimate of drug-likeness (QED) is 0.284. The fourth-order valence-corrected chi connectivity index (χ4v) is 5.66. The van der Waals surface area contributed by atoms with Gasteiger partial charge in [0.25, 0.3) is 0 Å². The van der Waals surface area contributed by atoms with Gasteiger partial charge in [0, 0.05) is 31.0 Å². The van der Waals surface area contributed by atoms with Gasteiger partial charge >= 0.3 is 0 Å². The summed E-state index contributed by atoms with van der Waals surface area (Å²) in [5.41, 5.74) is 4.40. The standard InChI is InChI=1S/C22H14Br4N2O/c23-14-5-1-12(2-6-14)19-11-20-17-9-16(25)10-18(26)21(17)29-22(28(20)27-19)13-3-7-15(24)8-4-13/h1-10,20,22H,11H2/t20-,22+/m1/s1. The second-order valence-corrected chi connectivity index (χ2v) is 10.6. The molecule has 0 spiro atoms. The molecule has 0 saturated carbocycles. The number of nitrogens with zero attached hydrogens (tertiary/aromatic N) is 2. The van der Waals surface area contributed by atoms with Crippen molar-refractivity contribution in [1.29, 1.82) is 0 Å². The Balaban J connectivity index is 1.62. The summed E-state index contributed by atoms with van der Waals surface area (Å²) in [5, 5.41) is 7.11. The lowest BCUT2D eigenvalue weighted by molar-refractivity contribution is -0.0197. The van der Waals surface area contributed by atoms with Gasteiger partial charge in [0.1, 0.15) is 5.75 Å². The maximum atomic E-state index is 6.49. The van der Waals surface area contributed by atoms with Crippen LogP contribution in [0.25, 0.3) is 0 Å². The van der Waals surface area contributed by atoms with Crippen molar-refractivity contribution in [1.82, 2.24) is 5.01 Å². The summed E-state index contributed by atoms with van der Waals surface area (Å²) in [7, 11) is 0. The van der Waals surface area contributed by atoms with Gasteiger partial charge in [-0.3, -0.25) is 0 Å². The summed E-state index contributed by atoms with van der Waals surface area (Å²) in [4.78, 5) is 0. The monoisotopic (exact) mass is 638 g/mol. The van der Waals surface area contributed by atoms with Gasteiger partial charge in [-0.15, -0.1) is 0 Å². The molecule has 0 saturated heterocycles. The first-order chi connectivity index (χ1) is 14.0. The van der Waals surface area contributed by atoms with E-state index >= 15 is 0 Å². The maximum absolute atomic E-state index is 6.49. The minimum absolute atomic E-state index is 0.111. The van der Waals surface area contributed by atoms with E-state index in [2.05, 4.69) is 111 Å². The van der Waals surface area contributed by atoms with Crippen LogP contribution in [0.3, 0.4) is 0 Å². The summed E-state index contributed by atoms with van der Waals surface area (Å²) in [6.07, 6.45) is 0.541. The molecule has 29 heavy (non-hydrogen) atoms. The molecule has 0 amide bonds. The molecular formula is C22H14Br4N2O. The lowest BCUT2D eigenvalue weighted by Crippen LogP contribution is -2.33. The van der Waals surface area contributed by atoms with Gasteiger partial charge in [0.05, 0.1) is 16.2 Å². The average molecular weight is 642 g/mol. The Labute approximate surface area is 202 Å². The van der Waals surface area contributed by atoms with Gasteiger partial charge in [-0.2, -0.15) is 5.10 Å². The van der Waals surface area contributed by atoms with E-state index in [0.29, 0.717) is 0 Å². The second-order valence-electron chi connectivity index (χ2n) is 6.98. The van der Waals surface area contributed by atoms with Crippen LogP contribution < -0.4 is 4.74 Å². The van der Waals surface area contributed by atoms with Crippen molar-refractivity contribution in [2.24, 2.45) is 5.10 Å². The zero-order valence-corrected chi connectivity index (χ0v) is 21.3. The smallest absolute Gasteiger partial charge is 0.213 e. The lowest BCUT2D eigenvalue weighted by Gasteiger charge is -2.38. The highest BCUT2D eigenvalue weighted by molar-refractivity contribution is 9.11. The molecule has 7 heteroatoms. The molecule has 0 fully saturated rings. The minimum atomic E-state index is -0.286. The topological polar surface area (TPSA) is 24.8 Å². The largest absolute Gasteiger partial charge is 0.463 e. The number of fused-ring (bicyclic) bond motifs is 3. The minimum Gasteiger partial charge on any atom is -0.463 e. The highest BCUT2D eigenvalue weighted by atomic mass is 79.9. The molecule has 0 radical (unpaired) electrons. The van der Waals surface area contributed by atoms with Crippen LogP contribution in [0.2, 0.25) is 0 Å². The molecule has 5 rings (SSSR count). The molecule has 2 heterocycles. The molecular weight excluding hydrogens is 628 g/mol. The van der Waals surface area contributed by atoms with Crippen molar-refractivity contribution >= 4 is 69.4 Å². The predicted molar refractivity (Wildman–Crippen MR) is 129 cm³/mol. The second kappa shape index (κ2) is 7.84. The fourth-order valence-electron chi connectivity index (χ4n) is 3.78. The summed E-state index contributed by atoms with van der Waals surface area (Å²) in [6, 6.07) is 20.8. The molecule has 2 aliphatic rings. The summed E-state index contributed by atoms with van der Waals surface area (Å²) in [5.74, 6) is 0.884. The van der Waals surface area contributed by atoms with Gasteiger partial charge in [-0.05, 0) is 57.9 Å². The van der Waals surface area contributed by atoms with Gasteiger partial charge in [0.2, 0.25) is 6.23 Å². The van der Waals surface area contributed by atoms with Crippen molar-refractivity contribution in [3.8, 4) is 5.75 Å². The van der Waals surface area contributed by atoms with E-state index in [0.717, 1.165) is 52.5 Å². The van der Waals surface area contributed by atoms with Gasteiger partial charge < -0.3 is 4.74 Å². The molecule has 0 aromatic heterocycles. The van der Waals surface area contributed by atoms with Gasteiger partial charge in [0.15, 0.2) is 0 Å². The van der Waals surface area contributed by atoms with Crippen molar-refractivity contribution in [2.45, 2.75) is 18.7 Å². The van der Waals surface area contributed by atoms with Crippen LogP contribution in [0.15, 0.2) is 83.7 Å². The highest BCUT2D eigenvalue weighted by Crippen LogP contribution is 2.50. The van der Waals surface area contributed by atoms with E-state index in [1.54, 1.807) is 0 Å². The highest BCUT2D eigenvalue weighted by Gasteiger charge is 2.41. The number of hydrazone groups is 1. The Morgan fingerprint density at radius 1 is 0.828 bits per heavy atom. The van der Waals surface area contributed by atoms with Crippen molar-refractivity contribution in [3.63, 3.8) is 0 Å². The maximum Gasteiger partial charge on any atom is 0.213 e. The Kier molecular flexibility index (Phi) is 5.35. The molecule has 0 N–H and O–H groups in total. The zero-order chi connectivity index (χ0) is 20.1. The summed E-state index contributed by atoms with van der Waals surface area (Å²) < 4.78 is 10.6. The molecule has 3 aromatic rings. The van der Waals surface area contributed by atoms with Gasteiger partial charge in [-0.1, -0.05) is 72.1 Å². The van der Waals surface area contributed by atoms with Crippen LogP contribution in [-0.2, 0) is 0 Å². The van der Waals surface area contributed by atoms with Crippen LogP contribution in [0.4, 0.5) is 0 Å². The lowest BCUT2D eigenvalue weighted by atomic mass is 9.96. The van der Waals surface area contributed by atoms with E-state index in [9.17, 15) is 0 Å². The van der Waals surface area contributed by atoms with Crippen LogP contribution in [0.1, 0.15) is 35.4 Å². The average Bonchev–Trinajstić information content (AvgIpc) is 3.14.